The summed E-state index contributed by atoms with van der Waals surface area (Å²) in [6, 6.07) is 16.1. The Balaban J connectivity index is 1.21. The summed E-state index contributed by atoms with van der Waals surface area (Å²) in [7, 11) is -3.81. The smallest absolute Gasteiger partial charge is 0.410 e. The number of aromatic nitrogens is 3. The van der Waals surface area contributed by atoms with E-state index in [2.05, 4.69) is 66.1 Å². The first-order chi connectivity index (χ1) is 27.4. The number of hydrogen-bond donors (Lipinski definition) is 2. The first kappa shape index (κ1) is 43.7. The quantitative estimate of drug-likeness (QED) is 0.0724. The molecule has 2 aliphatic rings. The SMILES string of the molecule is CCc1cc(N2CCC(N3CCN(C(=O)OC(C)(C)C)CC3)CC2)c(CC)cc1Nc1nc(Nc2ccccc2P(C)(C)=O)c2ccn(COCC[Si](C)(C)C)c2n1. The van der Waals surface area contributed by atoms with Crippen LogP contribution in [0, 0.1) is 0 Å². The van der Waals surface area contributed by atoms with Gasteiger partial charge >= 0.3 is 6.09 Å². The van der Waals surface area contributed by atoms with Gasteiger partial charge in [0.05, 0.1) is 11.1 Å². The summed E-state index contributed by atoms with van der Waals surface area (Å²) in [5.41, 5.74) is 5.87. The van der Waals surface area contributed by atoms with Crippen molar-refractivity contribution in [3.8, 4) is 0 Å². The highest BCUT2D eigenvalue weighted by atomic mass is 31.2. The maximum absolute atomic E-state index is 13.3. The van der Waals surface area contributed by atoms with Crippen molar-refractivity contribution in [2.24, 2.45) is 0 Å². The molecule has 1 amide bonds. The monoisotopic (exact) mass is 830 g/mol. The topological polar surface area (TPSA) is 117 Å². The van der Waals surface area contributed by atoms with Crippen LogP contribution in [0.4, 0.5) is 33.6 Å². The number of piperidine rings is 1. The lowest BCUT2D eigenvalue weighted by atomic mass is 9.97. The van der Waals surface area contributed by atoms with Crippen molar-refractivity contribution in [1.82, 2.24) is 24.3 Å². The van der Waals surface area contributed by atoms with E-state index < -0.39 is 20.8 Å². The number of carbonyl (C=O) groups is 1. The summed E-state index contributed by atoms with van der Waals surface area (Å²) in [5.74, 6) is 1.14. The Bertz CT molecular complexity index is 2090. The van der Waals surface area contributed by atoms with E-state index in [-0.39, 0.29) is 6.09 Å². The van der Waals surface area contributed by atoms with Crippen LogP contribution in [0.2, 0.25) is 25.7 Å². The van der Waals surface area contributed by atoms with Gasteiger partial charge in [0.25, 0.3) is 0 Å². The van der Waals surface area contributed by atoms with Gasteiger partial charge in [-0.3, -0.25) is 4.90 Å². The van der Waals surface area contributed by atoms with Crippen LogP contribution in [0.5, 0.6) is 0 Å². The number of aryl methyl sites for hydroxylation is 2. The molecule has 2 fully saturated rings. The average Bonchev–Trinajstić information content (AvgIpc) is 3.58. The fourth-order valence-electron chi connectivity index (χ4n) is 7.89. The van der Waals surface area contributed by atoms with E-state index in [1.54, 1.807) is 13.3 Å². The van der Waals surface area contributed by atoms with Gasteiger partial charge in [0.1, 0.15) is 30.9 Å². The fourth-order valence-corrected chi connectivity index (χ4v) is 9.80. The Morgan fingerprint density at radius 1 is 0.897 bits per heavy atom. The van der Waals surface area contributed by atoms with Crippen molar-refractivity contribution in [2.75, 3.05) is 74.7 Å². The van der Waals surface area contributed by atoms with Crippen LogP contribution >= 0.6 is 7.14 Å². The number of piperazine rings is 1. The van der Waals surface area contributed by atoms with Crippen LogP contribution < -0.4 is 20.8 Å². The lowest BCUT2D eigenvalue weighted by Crippen LogP contribution is -2.55. The second-order valence-corrected chi connectivity index (χ2v) is 27.3. The van der Waals surface area contributed by atoms with Gasteiger partial charge in [-0.25, -0.2) is 4.79 Å². The Labute approximate surface area is 347 Å². The molecule has 0 spiro atoms. The number of nitrogens with one attached hydrogen (secondary N) is 2. The molecule has 6 rings (SSSR count). The second kappa shape index (κ2) is 18.2. The number of anilines is 5. The lowest BCUT2D eigenvalue weighted by molar-refractivity contribution is 0.00901. The average molecular weight is 831 g/mol. The highest BCUT2D eigenvalue weighted by molar-refractivity contribution is 7.70. The highest BCUT2D eigenvalue weighted by Crippen LogP contribution is 2.39. The van der Waals surface area contributed by atoms with Crippen molar-refractivity contribution in [3.05, 3.63) is 59.8 Å². The molecule has 2 N–H and O–H groups in total. The number of rotatable bonds is 14. The molecule has 2 aliphatic heterocycles. The van der Waals surface area contributed by atoms with Gasteiger partial charge in [-0.05, 0) is 107 Å². The van der Waals surface area contributed by atoms with Crippen LogP contribution in [-0.2, 0) is 33.6 Å². The van der Waals surface area contributed by atoms with Crippen molar-refractivity contribution in [1.29, 1.82) is 0 Å². The van der Waals surface area contributed by atoms with E-state index in [9.17, 15) is 9.36 Å². The molecule has 316 valence electrons. The summed E-state index contributed by atoms with van der Waals surface area (Å²) in [6.45, 7) is 27.1. The molecule has 12 nitrogen and oxygen atoms in total. The van der Waals surface area contributed by atoms with Crippen molar-refractivity contribution in [2.45, 2.75) is 104 Å². The number of nitrogens with zero attached hydrogens (tertiary/aromatic N) is 6. The Kier molecular flexibility index (Phi) is 13.7. The number of hydrogen-bond acceptors (Lipinski definition) is 10. The summed E-state index contributed by atoms with van der Waals surface area (Å²) >= 11 is 0. The van der Waals surface area contributed by atoms with E-state index in [1.807, 2.05) is 66.8 Å². The number of carbonyl (C=O) groups excluding carboxylic acids is 1. The van der Waals surface area contributed by atoms with Gasteiger partial charge in [-0.15, -0.1) is 0 Å². The molecule has 0 bridgehead atoms. The molecule has 0 unspecified atom stereocenters. The van der Waals surface area contributed by atoms with E-state index in [4.69, 9.17) is 19.4 Å². The van der Waals surface area contributed by atoms with Crippen LogP contribution in [0.1, 0.15) is 58.6 Å². The zero-order valence-electron chi connectivity index (χ0n) is 36.7. The summed E-state index contributed by atoms with van der Waals surface area (Å²) in [6.07, 6.45) is 5.74. The van der Waals surface area contributed by atoms with E-state index in [0.29, 0.717) is 44.2 Å². The van der Waals surface area contributed by atoms with Crippen LogP contribution in [0.15, 0.2) is 48.7 Å². The number of benzene rings is 2. The number of fused-ring (bicyclic) bond motifs is 1. The van der Waals surface area contributed by atoms with E-state index >= 15 is 0 Å². The van der Waals surface area contributed by atoms with E-state index in [1.165, 1.54) is 16.8 Å². The molecule has 14 heteroatoms. The minimum atomic E-state index is -2.57. The second-order valence-electron chi connectivity index (χ2n) is 18.5. The predicted octanol–water partition coefficient (Wildman–Crippen LogP) is 9.13. The number of para-hydroxylation sites is 1. The third-order valence-corrected chi connectivity index (χ3v) is 14.4. The molecular formula is C44H67N8O4PSi. The Morgan fingerprint density at radius 3 is 2.22 bits per heavy atom. The van der Waals surface area contributed by atoms with E-state index in [0.717, 1.165) is 85.6 Å². The first-order valence-electron chi connectivity index (χ1n) is 21.2. The standard InChI is InChI=1S/C44H67N8O4PSi/c1-11-32-30-38(50-20-17-34(18-21-50)49-23-25-51(26-24-49)43(53)56-44(3,4)5)33(12-2)29-37(32)46-42-47-40(45-36-15-13-14-16-39(36)57(6,7)54)35-19-22-52(41(35)48-42)31-55-27-28-58(8,9)10/h13-16,19,22,29-30,34H,11-12,17-18,20-21,23-28,31H2,1-10H3,(H2,45,46,47,48). The molecule has 0 radical (unpaired) electrons. The van der Waals surface area contributed by atoms with Crippen molar-refractivity contribution >= 4 is 66.5 Å². The third kappa shape index (κ3) is 11.0. The summed E-state index contributed by atoms with van der Waals surface area (Å²) < 4.78 is 27.2. The van der Waals surface area contributed by atoms with Gasteiger partial charge in [0.2, 0.25) is 5.95 Å². The van der Waals surface area contributed by atoms with Crippen molar-refractivity contribution in [3.63, 3.8) is 0 Å². The van der Waals surface area contributed by atoms with Crippen LogP contribution in [-0.4, -0.2) is 109 Å². The maximum Gasteiger partial charge on any atom is 0.410 e. The lowest BCUT2D eigenvalue weighted by Gasteiger charge is -2.43. The number of ether oxygens (including phenoxy) is 2. The molecule has 0 atom stereocenters. The predicted molar refractivity (Wildman–Crippen MR) is 244 cm³/mol. The van der Waals surface area contributed by atoms with Crippen LogP contribution in [0.25, 0.3) is 11.0 Å². The van der Waals surface area contributed by atoms with Gasteiger partial charge in [-0.1, -0.05) is 45.6 Å². The fraction of sp³-hybridized carbons (Fsp3) is 0.568. The van der Waals surface area contributed by atoms with Crippen molar-refractivity contribution < 1.29 is 18.8 Å². The molecule has 0 saturated carbocycles. The van der Waals surface area contributed by atoms with Gasteiger partial charge in [-0.2, -0.15) is 9.97 Å². The molecule has 4 aromatic rings. The molecule has 2 saturated heterocycles. The van der Waals surface area contributed by atoms with Gasteiger partial charge in [0.15, 0.2) is 0 Å². The maximum atomic E-state index is 13.3. The largest absolute Gasteiger partial charge is 0.444 e. The first-order valence-corrected chi connectivity index (χ1v) is 27.5. The highest BCUT2D eigenvalue weighted by Gasteiger charge is 2.31. The number of amides is 1. The summed E-state index contributed by atoms with van der Waals surface area (Å²) in [4.78, 5) is 29.8. The molecule has 2 aromatic heterocycles. The molecular weight excluding hydrogens is 764 g/mol. The molecule has 2 aromatic carbocycles. The third-order valence-electron chi connectivity index (χ3n) is 11.2. The van der Waals surface area contributed by atoms with Gasteiger partial charge in [0, 0.05) is 82.9 Å². The Hall–Kier alpha value is -3.90. The molecule has 0 aliphatic carbocycles. The molecule has 4 heterocycles. The normalized spacial score (nSPS) is 16.2. The minimum absolute atomic E-state index is 0.206. The Morgan fingerprint density at radius 2 is 1.59 bits per heavy atom. The minimum Gasteiger partial charge on any atom is -0.444 e. The van der Waals surface area contributed by atoms with Gasteiger partial charge < -0.3 is 39.0 Å². The zero-order valence-corrected chi connectivity index (χ0v) is 38.5. The zero-order chi connectivity index (χ0) is 41.8. The molecule has 58 heavy (non-hydrogen) atoms. The summed E-state index contributed by atoms with van der Waals surface area (Å²) in [5, 5.41) is 8.84. The van der Waals surface area contributed by atoms with Crippen LogP contribution in [0.3, 0.4) is 0 Å².